The largest absolute Gasteiger partial charge is 0.493 e. The molecule has 142 valence electrons. The van der Waals surface area contributed by atoms with Gasteiger partial charge in [-0.15, -0.1) is 0 Å². The number of hydrogen-bond donors (Lipinski definition) is 2. The molecule has 0 saturated carbocycles. The molecule has 0 radical (unpaired) electrons. The first-order valence-electron chi connectivity index (χ1n) is 7.80. The number of fused-ring (bicyclic) bond motifs is 1. The SMILES string of the molecule is O=C(Nc1c[nH]c2cc(F)c(F)cc12)c1ccc(OCCC(F)(F)F)cc1. The Hall–Kier alpha value is -3.10. The molecule has 2 aromatic carbocycles. The molecule has 3 aromatic rings. The quantitative estimate of drug-likeness (QED) is 0.607. The summed E-state index contributed by atoms with van der Waals surface area (Å²) in [4.78, 5) is 15.0. The molecule has 1 amide bonds. The zero-order valence-corrected chi connectivity index (χ0v) is 13.7. The number of amides is 1. The van der Waals surface area contributed by atoms with Crippen molar-refractivity contribution in [3.05, 3.63) is 59.8 Å². The Kier molecular flexibility index (Phi) is 5.02. The van der Waals surface area contributed by atoms with Gasteiger partial charge in [0.25, 0.3) is 5.91 Å². The van der Waals surface area contributed by atoms with Crippen molar-refractivity contribution in [1.29, 1.82) is 0 Å². The Labute approximate surface area is 149 Å². The minimum absolute atomic E-state index is 0.195. The molecule has 0 aliphatic rings. The first-order valence-corrected chi connectivity index (χ1v) is 7.80. The van der Waals surface area contributed by atoms with E-state index in [-0.39, 0.29) is 17.0 Å². The molecule has 0 saturated heterocycles. The summed E-state index contributed by atoms with van der Waals surface area (Å²) >= 11 is 0. The lowest BCUT2D eigenvalue weighted by atomic mass is 10.2. The van der Waals surface area contributed by atoms with Crippen molar-refractivity contribution < 1.29 is 31.5 Å². The zero-order valence-electron chi connectivity index (χ0n) is 13.7. The van der Waals surface area contributed by atoms with Crippen LogP contribution in [0.25, 0.3) is 10.9 Å². The van der Waals surface area contributed by atoms with Gasteiger partial charge in [-0.1, -0.05) is 0 Å². The molecule has 3 rings (SSSR count). The lowest BCUT2D eigenvalue weighted by molar-refractivity contribution is -0.139. The van der Waals surface area contributed by atoms with Gasteiger partial charge in [0.05, 0.1) is 24.2 Å². The molecule has 0 atom stereocenters. The van der Waals surface area contributed by atoms with Crippen molar-refractivity contribution in [3.8, 4) is 5.75 Å². The van der Waals surface area contributed by atoms with Gasteiger partial charge in [-0.05, 0) is 30.3 Å². The number of halogens is 5. The number of alkyl halides is 3. The average molecular weight is 384 g/mol. The van der Waals surface area contributed by atoms with Crippen LogP contribution in [-0.2, 0) is 0 Å². The summed E-state index contributed by atoms with van der Waals surface area (Å²) < 4.78 is 67.9. The van der Waals surface area contributed by atoms with E-state index >= 15 is 0 Å². The van der Waals surface area contributed by atoms with Crippen molar-refractivity contribution in [2.24, 2.45) is 0 Å². The smallest absolute Gasteiger partial charge is 0.392 e. The maximum absolute atomic E-state index is 13.4. The average Bonchev–Trinajstić information content (AvgIpc) is 2.96. The number of anilines is 1. The normalized spacial score (nSPS) is 11.6. The van der Waals surface area contributed by atoms with Crippen molar-refractivity contribution in [3.63, 3.8) is 0 Å². The predicted molar refractivity (Wildman–Crippen MR) is 88.8 cm³/mol. The lowest BCUT2D eigenvalue weighted by Gasteiger charge is -2.09. The van der Waals surface area contributed by atoms with Gasteiger partial charge in [0.15, 0.2) is 11.6 Å². The minimum atomic E-state index is -4.30. The van der Waals surface area contributed by atoms with E-state index in [1.165, 1.54) is 30.5 Å². The number of hydrogen-bond acceptors (Lipinski definition) is 2. The van der Waals surface area contributed by atoms with Crippen LogP contribution in [0.3, 0.4) is 0 Å². The second-order valence-electron chi connectivity index (χ2n) is 5.71. The standard InChI is InChI=1S/C18H13F5N2O2/c19-13-7-12-15(8-14(13)20)24-9-16(12)25-17(26)10-1-3-11(4-2-10)27-6-5-18(21,22)23/h1-4,7-9,24H,5-6H2,(H,25,26). The Morgan fingerprint density at radius 1 is 1.07 bits per heavy atom. The third-order valence-corrected chi connectivity index (χ3v) is 3.74. The maximum Gasteiger partial charge on any atom is 0.392 e. The minimum Gasteiger partial charge on any atom is -0.493 e. The van der Waals surface area contributed by atoms with Gasteiger partial charge in [-0.25, -0.2) is 8.78 Å². The summed E-state index contributed by atoms with van der Waals surface area (Å²) in [6, 6.07) is 7.45. The van der Waals surface area contributed by atoms with Crippen LogP contribution in [0, 0.1) is 11.6 Å². The second-order valence-corrected chi connectivity index (χ2v) is 5.71. The van der Waals surface area contributed by atoms with Crippen LogP contribution in [0.2, 0.25) is 0 Å². The molecule has 0 bridgehead atoms. The number of nitrogens with one attached hydrogen (secondary N) is 2. The highest BCUT2D eigenvalue weighted by molar-refractivity contribution is 6.09. The number of benzene rings is 2. The molecule has 0 aliphatic heterocycles. The van der Waals surface area contributed by atoms with Crippen molar-refractivity contribution in [2.75, 3.05) is 11.9 Å². The highest BCUT2D eigenvalue weighted by atomic mass is 19.4. The zero-order chi connectivity index (χ0) is 19.6. The molecule has 9 heteroatoms. The summed E-state index contributed by atoms with van der Waals surface area (Å²) in [5.41, 5.74) is 0.798. The van der Waals surface area contributed by atoms with Gasteiger partial charge >= 0.3 is 6.18 Å². The Morgan fingerprint density at radius 3 is 2.41 bits per heavy atom. The molecule has 0 fully saturated rings. The van der Waals surface area contributed by atoms with Crippen molar-refractivity contribution in [2.45, 2.75) is 12.6 Å². The number of aromatic amines is 1. The molecule has 1 heterocycles. The van der Waals surface area contributed by atoms with Crippen LogP contribution in [-0.4, -0.2) is 23.7 Å². The van der Waals surface area contributed by atoms with Gasteiger partial charge in [-0.2, -0.15) is 13.2 Å². The third kappa shape index (κ3) is 4.55. The van der Waals surface area contributed by atoms with Gasteiger partial charge in [-0.3, -0.25) is 4.79 Å². The van der Waals surface area contributed by atoms with Crippen LogP contribution >= 0.6 is 0 Å². The summed E-state index contributed by atoms with van der Waals surface area (Å²) in [7, 11) is 0. The first-order chi connectivity index (χ1) is 12.7. The predicted octanol–water partition coefficient (Wildman–Crippen LogP) is 5.03. The monoisotopic (exact) mass is 384 g/mol. The van der Waals surface area contributed by atoms with Gasteiger partial charge < -0.3 is 15.0 Å². The Bertz CT molecular complexity index is 964. The van der Waals surface area contributed by atoms with E-state index in [9.17, 15) is 26.7 Å². The van der Waals surface area contributed by atoms with Crippen LogP contribution in [0.4, 0.5) is 27.6 Å². The molecular weight excluding hydrogens is 371 g/mol. The maximum atomic E-state index is 13.4. The van der Waals surface area contributed by atoms with E-state index in [0.717, 1.165) is 12.1 Å². The van der Waals surface area contributed by atoms with E-state index in [2.05, 4.69) is 10.3 Å². The molecule has 0 unspecified atom stereocenters. The number of carbonyl (C=O) groups excluding carboxylic acids is 1. The van der Waals surface area contributed by atoms with Crippen LogP contribution in [0.15, 0.2) is 42.6 Å². The molecule has 2 N–H and O–H groups in total. The highest BCUT2D eigenvalue weighted by Crippen LogP contribution is 2.26. The summed E-state index contributed by atoms with van der Waals surface area (Å²) in [6.45, 7) is -0.521. The molecule has 27 heavy (non-hydrogen) atoms. The van der Waals surface area contributed by atoms with E-state index in [1.807, 2.05) is 0 Å². The van der Waals surface area contributed by atoms with E-state index < -0.39 is 36.7 Å². The summed E-state index contributed by atoms with van der Waals surface area (Å²) in [5, 5.41) is 2.86. The van der Waals surface area contributed by atoms with E-state index in [4.69, 9.17) is 4.74 Å². The van der Waals surface area contributed by atoms with Gasteiger partial charge in [0.2, 0.25) is 0 Å². The van der Waals surface area contributed by atoms with Crippen molar-refractivity contribution >= 4 is 22.5 Å². The van der Waals surface area contributed by atoms with Crippen LogP contribution in [0.5, 0.6) is 5.75 Å². The molecule has 0 spiro atoms. The molecule has 4 nitrogen and oxygen atoms in total. The van der Waals surface area contributed by atoms with Gasteiger partial charge in [0, 0.05) is 23.2 Å². The number of ether oxygens (including phenoxy) is 1. The fourth-order valence-corrected chi connectivity index (χ4v) is 2.40. The Morgan fingerprint density at radius 2 is 1.74 bits per heavy atom. The topological polar surface area (TPSA) is 54.1 Å². The summed E-state index contributed by atoms with van der Waals surface area (Å²) in [5.74, 6) is -2.38. The molecule has 1 aromatic heterocycles. The van der Waals surface area contributed by atoms with E-state index in [1.54, 1.807) is 0 Å². The number of aromatic nitrogens is 1. The highest BCUT2D eigenvalue weighted by Gasteiger charge is 2.26. The first kappa shape index (κ1) is 18.7. The number of rotatable bonds is 5. The molecular formula is C18H13F5N2O2. The lowest BCUT2D eigenvalue weighted by Crippen LogP contribution is -2.13. The van der Waals surface area contributed by atoms with Crippen molar-refractivity contribution in [1.82, 2.24) is 4.98 Å². The van der Waals surface area contributed by atoms with Crippen LogP contribution < -0.4 is 10.1 Å². The van der Waals surface area contributed by atoms with Gasteiger partial charge in [0.1, 0.15) is 5.75 Å². The fraction of sp³-hybridized carbons (Fsp3) is 0.167. The Balaban J connectivity index is 1.67. The molecule has 0 aliphatic carbocycles. The summed E-state index contributed by atoms with van der Waals surface area (Å²) in [6.07, 6.45) is -3.98. The van der Waals surface area contributed by atoms with Crippen LogP contribution in [0.1, 0.15) is 16.8 Å². The fourth-order valence-electron chi connectivity index (χ4n) is 2.40. The number of carbonyl (C=O) groups is 1. The third-order valence-electron chi connectivity index (χ3n) is 3.74. The van der Waals surface area contributed by atoms with E-state index in [0.29, 0.717) is 10.9 Å². The second kappa shape index (κ2) is 7.26. The number of H-pyrrole nitrogens is 1.